The molecule has 0 aliphatic heterocycles. The van der Waals surface area contributed by atoms with Crippen LogP contribution in [0.5, 0.6) is 11.5 Å². The van der Waals surface area contributed by atoms with E-state index in [1.807, 2.05) is 42.5 Å². The van der Waals surface area contributed by atoms with Crippen LogP contribution < -0.4 is 10.5 Å². The lowest BCUT2D eigenvalue weighted by Gasteiger charge is -2.14. The van der Waals surface area contributed by atoms with Gasteiger partial charge in [-0.05, 0) is 30.4 Å². The Morgan fingerprint density at radius 1 is 1.15 bits per heavy atom. The van der Waals surface area contributed by atoms with E-state index in [4.69, 9.17) is 10.5 Å². The Kier molecular flexibility index (Phi) is 3.61. The molecule has 2 aromatic rings. The zero-order valence-electron chi connectivity index (χ0n) is 11.3. The monoisotopic (exact) mass is 269 g/mol. The zero-order chi connectivity index (χ0) is 13.9. The highest BCUT2D eigenvalue weighted by Crippen LogP contribution is 2.42. The molecule has 0 bridgehead atoms. The van der Waals surface area contributed by atoms with Gasteiger partial charge in [-0.3, -0.25) is 0 Å². The van der Waals surface area contributed by atoms with Crippen molar-refractivity contribution in [3.8, 4) is 11.5 Å². The maximum absolute atomic E-state index is 10.1. The lowest BCUT2D eigenvalue weighted by Crippen LogP contribution is -2.12. The van der Waals surface area contributed by atoms with E-state index in [0.29, 0.717) is 18.3 Å². The molecule has 3 N–H and O–H groups in total. The van der Waals surface area contributed by atoms with Gasteiger partial charge in [0.2, 0.25) is 0 Å². The fourth-order valence-corrected chi connectivity index (χ4v) is 2.35. The number of rotatable bonds is 5. The van der Waals surface area contributed by atoms with E-state index in [2.05, 4.69) is 0 Å². The highest BCUT2D eigenvalue weighted by Gasteiger charge is 2.30. The maximum atomic E-state index is 10.1. The van der Waals surface area contributed by atoms with Crippen molar-refractivity contribution in [1.82, 2.24) is 0 Å². The standard InChI is InChI=1S/C17H19NO2/c18-17(13-6-7-13)15-9-8-14(10-16(15)19)20-11-12-4-2-1-3-5-12/h1-5,8-10,13,17,19H,6-7,11,18H2/t17-/m0/s1. The van der Waals surface area contributed by atoms with Gasteiger partial charge in [-0.15, -0.1) is 0 Å². The number of hydrogen-bond acceptors (Lipinski definition) is 3. The number of aromatic hydroxyl groups is 1. The van der Waals surface area contributed by atoms with Gasteiger partial charge in [0.1, 0.15) is 18.1 Å². The Morgan fingerprint density at radius 2 is 1.90 bits per heavy atom. The zero-order valence-corrected chi connectivity index (χ0v) is 11.3. The van der Waals surface area contributed by atoms with Crippen molar-refractivity contribution in [1.29, 1.82) is 0 Å². The van der Waals surface area contributed by atoms with E-state index in [1.54, 1.807) is 6.07 Å². The van der Waals surface area contributed by atoms with Gasteiger partial charge in [0.05, 0.1) is 0 Å². The first-order valence-corrected chi connectivity index (χ1v) is 6.99. The summed E-state index contributed by atoms with van der Waals surface area (Å²) < 4.78 is 5.68. The second-order valence-electron chi connectivity index (χ2n) is 5.36. The predicted octanol–water partition coefficient (Wildman–Crippen LogP) is 3.38. The van der Waals surface area contributed by atoms with Crippen LogP contribution in [-0.4, -0.2) is 5.11 Å². The van der Waals surface area contributed by atoms with Gasteiger partial charge >= 0.3 is 0 Å². The molecule has 0 spiro atoms. The third kappa shape index (κ3) is 2.94. The summed E-state index contributed by atoms with van der Waals surface area (Å²) in [6.07, 6.45) is 2.32. The number of phenols is 1. The maximum Gasteiger partial charge on any atom is 0.124 e. The summed E-state index contributed by atoms with van der Waals surface area (Å²) in [6, 6.07) is 15.3. The van der Waals surface area contributed by atoms with E-state index >= 15 is 0 Å². The number of hydrogen-bond donors (Lipinski definition) is 2. The van der Waals surface area contributed by atoms with Crippen LogP contribution in [0.3, 0.4) is 0 Å². The summed E-state index contributed by atoms with van der Waals surface area (Å²) in [5.74, 6) is 1.42. The van der Waals surface area contributed by atoms with Gasteiger partial charge in [0, 0.05) is 17.7 Å². The lowest BCUT2D eigenvalue weighted by molar-refractivity contribution is 0.304. The Bertz CT molecular complexity index is 579. The normalized spacial score (nSPS) is 15.8. The lowest BCUT2D eigenvalue weighted by atomic mass is 10.0. The minimum atomic E-state index is -0.0572. The third-order valence-corrected chi connectivity index (χ3v) is 3.74. The molecule has 1 aliphatic rings. The first kappa shape index (κ1) is 13.0. The van der Waals surface area contributed by atoms with Crippen molar-refractivity contribution in [2.24, 2.45) is 11.7 Å². The summed E-state index contributed by atoms with van der Waals surface area (Å²) in [5, 5.41) is 10.1. The van der Waals surface area contributed by atoms with Crippen molar-refractivity contribution in [2.75, 3.05) is 0 Å². The molecule has 0 radical (unpaired) electrons. The second-order valence-corrected chi connectivity index (χ2v) is 5.36. The smallest absolute Gasteiger partial charge is 0.124 e. The van der Waals surface area contributed by atoms with Crippen LogP contribution in [0.4, 0.5) is 0 Å². The topological polar surface area (TPSA) is 55.5 Å². The molecule has 3 heteroatoms. The fourth-order valence-electron chi connectivity index (χ4n) is 2.35. The largest absolute Gasteiger partial charge is 0.507 e. The molecule has 0 unspecified atom stereocenters. The minimum absolute atomic E-state index is 0.0572. The Balaban J connectivity index is 1.67. The Morgan fingerprint density at radius 3 is 2.55 bits per heavy atom. The van der Waals surface area contributed by atoms with Gasteiger partial charge in [-0.2, -0.15) is 0 Å². The average molecular weight is 269 g/mol. The minimum Gasteiger partial charge on any atom is -0.507 e. The molecule has 1 aliphatic carbocycles. The van der Waals surface area contributed by atoms with Crippen molar-refractivity contribution >= 4 is 0 Å². The molecule has 0 aromatic heterocycles. The van der Waals surface area contributed by atoms with Gasteiger partial charge in [-0.1, -0.05) is 36.4 Å². The van der Waals surface area contributed by atoms with Crippen LogP contribution in [0.25, 0.3) is 0 Å². The van der Waals surface area contributed by atoms with E-state index in [1.165, 1.54) is 0 Å². The van der Waals surface area contributed by atoms with Crippen molar-refractivity contribution < 1.29 is 9.84 Å². The first-order valence-electron chi connectivity index (χ1n) is 6.99. The summed E-state index contributed by atoms with van der Waals surface area (Å²) in [5.41, 5.74) is 8.04. The summed E-state index contributed by atoms with van der Waals surface area (Å²) in [7, 11) is 0. The van der Waals surface area contributed by atoms with Crippen LogP contribution in [0.2, 0.25) is 0 Å². The molecular weight excluding hydrogens is 250 g/mol. The summed E-state index contributed by atoms with van der Waals surface area (Å²) in [6.45, 7) is 0.494. The SMILES string of the molecule is N[C@H](c1ccc(OCc2ccccc2)cc1O)C1CC1. The summed E-state index contributed by atoms with van der Waals surface area (Å²) >= 11 is 0. The van der Waals surface area contributed by atoms with Gasteiger partial charge in [-0.25, -0.2) is 0 Å². The number of phenolic OH excluding ortho intramolecular Hbond substituents is 1. The highest BCUT2D eigenvalue weighted by molar-refractivity contribution is 5.42. The highest BCUT2D eigenvalue weighted by atomic mass is 16.5. The number of nitrogens with two attached hydrogens (primary N) is 1. The molecule has 0 heterocycles. The van der Waals surface area contributed by atoms with Crippen LogP contribution in [0, 0.1) is 5.92 Å². The molecule has 1 fully saturated rings. The van der Waals surface area contributed by atoms with E-state index in [9.17, 15) is 5.11 Å². The van der Waals surface area contributed by atoms with Crippen molar-refractivity contribution in [2.45, 2.75) is 25.5 Å². The molecule has 3 nitrogen and oxygen atoms in total. The second kappa shape index (κ2) is 5.55. The molecule has 104 valence electrons. The van der Waals surface area contributed by atoms with E-state index < -0.39 is 0 Å². The number of ether oxygens (including phenoxy) is 1. The van der Waals surface area contributed by atoms with E-state index in [0.717, 1.165) is 24.0 Å². The molecule has 2 aromatic carbocycles. The fraction of sp³-hybridized carbons (Fsp3) is 0.294. The van der Waals surface area contributed by atoms with Crippen LogP contribution in [0.1, 0.15) is 30.0 Å². The summed E-state index contributed by atoms with van der Waals surface area (Å²) in [4.78, 5) is 0. The third-order valence-electron chi connectivity index (χ3n) is 3.74. The van der Waals surface area contributed by atoms with Crippen LogP contribution in [-0.2, 0) is 6.61 Å². The predicted molar refractivity (Wildman–Crippen MR) is 78.5 cm³/mol. The molecule has 20 heavy (non-hydrogen) atoms. The first-order chi connectivity index (χ1) is 9.74. The van der Waals surface area contributed by atoms with Crippen LogP contribution >= 0.6 is 0 Å². The molecule has 0 saturated heterocycles. The Labute approximate surface area is 119 Å². The number of benzene rings is 2. The molecule has 3 rings (SSSR count). The quantitative estimate of drug-likeness (QED) is 0.875. The Hall–Kier alpha value is -2.00. The molecular formula is C17H19NO2. The van der Waals surface area contributed by atoms with Crippen LogP contribution in [0.15, 0.2) is 48.5 Å². The molecule has 1 saturated carbocycles. The average Bonchev–Trinajstić information content (AvgIpc) is 3.30. The van der Waals surface area contributed by atoms with Crippen molar-refractivity contribution in [3.63, 3.8) is 0 Å². The van der Waals surface area contributed by atoms with Gasteiger partial charge in [0.25, 0.3) is 0 Å². The molecule has 0 amide bonds. The van der Waals surface area contributed by atoms with Crippen molar-refractivity contribution in [3.05, 3.63) is 59.7 Å². The van der Waals surface area contributed by atoms with E-state index in [-0.39, 0.29) is 11.8 Å². The molecule has 1 atom stereocenters. The van der Waals surface area contributed by atoms with Gasteiger partial charge < -0.3 is 15.6 Å². The van der Waals surface area contributed by atoms with Gasteiger partial charge in [0.15, 0.2) is 0 Å².